The molecule has 0 saturated heterocycles. The zero-order chi connectivity index (χ0) is 23.0. The summed E-state index contributed by atoms with van der Waals surface area (Å²) in [6.07, 6.45) is 7.07. The smallest absolute Gasteiger partial charge is 0.321 e. The van der Waals surface area contributed by atoms with Gasteiger partial charge in [0, 0.05) is 12.6 Å². The largest absolute Gasteiger partial charge is 0.484 e. The number of urea groups is 1. The maximum absolute atomic E-state index is 12.6. The summed E-state index contributed by atoms with van der Waals surface area (Å²) in [6, 6.07) is 6.84. The molecule has 176 valence electrons. The van der Waals surface area contributed by atoms with Crippen molar-refractivity contribution in [2.75, 3.05) is 5.75 Å². The van der Waals surface area contributed by atoms with Gasteiger partial charge in [0.1, 0.15) is 12.4 Å². The van der Waals surface area contributed by atoms with E-state index in [1.807, 2.05) is 19.2 Å². The number of imide groups is 1. The Hall–Kier alpha value is -2.26. The Bertz CT molecular complexity index is 1020. The molecule has 1 aromatic heterocycles. The Morgan fingerprint density at radius 1 is 1.15 bits per heavy atom. The van der Waals surface area contributed by atoms with Gasteiger partial charge in [-0.1, -0.05) is 35.5 Å². The van der Waals surface area contributed by atoms with Crippen LogP contribution in [0.4, 0.5) is 4.79 Å². The SMILES string of the molecule is Cn1c(COc2ccccc2Cl)nnc1SCC(=O)NC(=O)NC12CC3CC(CC(C3)C1)C2. The molecular formula is C23H28ClN5O3S. The number of aromatic nitrogens is 3. The number of carbonyl (C=O) groups is 2. The Morgan fingerprint density at radius 2 is 1.82 bits per heavy atom. The van der Waals surface area contributed by atoms with Crippen molar-refractivity contribution in [3.63, 3.8) is 0 Å². The van der Waals surface area contributed by atoms with Gasteiger partial charge in [0.05, 0.1) is 10.8 Å². The standard InChI is InChI=1S/C23H28ClN5O3S/c1-29-19(12-32-18-5-3-2-4-17(18)24)27-28-22(29)33-13-20(30)25-21(31)26-23-9-14-6-15(10-23)8-16(7-14)11-23/h2-5,14-16H,6-13H2,1H3,(H2,25,26,30,31). The first kappa shape index (κ1) is 22.5. The van der Waals surface area contributed by atoms with E-state index in [2.05, 4.69) is 20.8 Å². The second kappa shape index (κ2) is 9.18. The normalized spacial score (nSPS) is 27.4. The van der Waals surface area contributed by atoms with Crippen LogP contribution in [0.25, 0.3) is 0 Å². The summed E-state index contributed by atoms with van der Waals surface area (Å²) in [5, 5.41) is 15.0. The predicted molar refractivity (Wildman–Crippen MR) is 125 cm³/mol. The molecule has 0 aliphatic heterocycles. The molecule has 8 nitrogen and oxygen atoms in total. The molecule has 4 aliphatic rings. The minimum absolute atomic E-state index is 0.0750. The van der Waals surface area contributed by atoms with Crippen molar-refractivity contribution in [2.45, 2.75) is 55.8 Å². The molecule has 4 saturated carbocycles. The van der Waals surface area contributed by atoms with Crippen LogP contribution >= 0.6 is 23.4 Å². The highest BCUT2D eigenvalue weighted by atomic mass is 35.5. The van der Waals surface area contributed by atoms with Crippen LogP contribution < -0.4 is 15.4 Å². The first-order valence-corrected chi connectivity index (χ1v) is 12.8. The molecule has 10 heteroatoms. The molecule has 33 heavy (non-hydrogen) atoms. The number of benzene rings is 1. The third-order valence-corrected chi connectivity index (χ3v) is 8.45. The molecular weight excluding hydrogens is 462 g/mol. The summed E-state index contributed by atoms with van der Waals surface area (Å²) in [7, 11) is 1.81. The van der Waals surface area contributed by atoms with E-state index in [1.54, 1.807) is 16.7 Å². The number of ether oxygens (including phenoxy) is 1. The topological polar surface area (TPSA) is 98.1 Å². The highest BCUT2D eigenvalue weighted by molar-refractivity contribution is 7.99. The zero-order valence-electron chi connectivity index (χ0n) is 18.6. The quantitative estimate of drug-likeness (QED) is 0.572. The molecule has 1 aromatic carbocycles. The Balaban J connectivity index is 1.10. The summed E-state index contributed by atoms with van der Waals surface area (Å²) in [6.45, 7) is 0.202. The van der Waals surface area contributed by atoms with Crippen LogP contribution in [0, 0.1) is 17.8 Å². The number of rotatable bonds is 7. The van der Waals surface area contributed by atoms with Crippen LogP contribution in [-0.2, 0) is 18.4 Å². The Kier molecular flexibility index (Phi) is 6.26. The van der Waals surface area contributed by atoms with Gasteiger partial charge in [-0.25, -0.2) is 4.79 Å². The van der Waals surface area contributed by atoms with Crippen molar-refractivity contribution in [1.82, 2.24) is 25.4 Å². The molecule has 2 N–H and O–H groups in total. The van der Waals surface area contributed by atoms with E-state index in [0.29, 0.717) is 21.8 Å². The van der Waals surface area contributed by atoms with E-state index >= 15 is 0 Å². The van der Waals surface area contributed by atoms with Crippen LogP contribution in [0.5, 0.6) is 5.75 Å². The zero-order valence-corrected chi connectivity index (χ0v) is 20.1. The molecule has 0 radical (unpaired) electrons. The minimum atomic E-state index is -0.380. The molecule has 2 aromatic rings. The first-order chi connectivity index (χ1) is 15.9. The summed E-state index contributed by atoms with van der Waals surface area (Å²) in [5.41, 5.74) is -0.119. The molecule has 4 fully saturated rings. The monoisotopic (exact) mass is 489 g/mol. The van der Waals surface area contributed by atoms with Crippen LogP contribution in [-0.4, -0.2) is 38.0 Å². The van der Waals surface area contributed by atoms with Crippen molar-refractivity contribution in [3.05, 3.63) is 35.1 Å². The van der Waals surface area contributed by atoms with Gasteiger partial charge < -0.3 is 14.6 Å². The number of hydrogen-bond donors (Lipinski definition) is 2. The van der Waals surface area contributed by atoms with Gasteiger partial charge in [0.2, 0.25) is 5.91 Å². The van der Waals surface area contributed by atoms with Crippen LogP contribution in [0.3, 0.4) is 0 Å². The molecule has 0 unspecified atom stereocenters. The number of nitrogens with zero attached hydrogens (tertiary/aromatic N) is 3. The third kappa shape index (κ3) is 4.99. The molecule has 4 bridgehead atoms. The predicted octanol–water partition coefficient (Wildman–Crippen LogP) is 3.93. The summed E-state index contributed by atoms with van der Waals surface area (Å²) in [5.74, 6) is 3.10. The summed E-state index contributed by atoms with van der Waals surface area (Å²) < 4.78 is 7.48. The molecule has 1 heterocycles. The number of halogens is 1. The number of amides is 3. The van der Waals surface area contributed by atoms with Gasteiger partial charge >= 0.3 is 6.03 Å². The Morgan fingerprint density at radius 3 is 2.48 bits per heavy atom. The third-order valence-electron chi connectivity index (χ3n) is 7.12. The number of carbonyl (C=O) groups excluding carboxylic acids is 2. The summed E-state index contributed by atoms with van der Waals surface area (Å²) >= 11 is 7.34. The maximum atomic E-state index is 12.6. The minimum Gasteiger partial charge on any atom is -0.484 e. The van der Waals surface area contributed by atoms with Crippen LogP contribution in [0.2, 0.25) is 5.02 Å². The number of nitrogens with one attached hydrogen (secondary N) is 2. The molecule has 0 spiro atoms. The fourth-order valence-corrected chi connectivity index (χ4v) is 7.05. The van der Waals surface area contributed by atoms with E-state index in [9.17, 15) is 9.59 Å². The molecule has 0 atom stereocenters. The highest BCUT2D eigenvalue weighted by Crippen LogP contribution is 2.55. The fourth-order valence-electron chi connectivity index (χ4n) is 6.13. The second-order valence-corrected chi connectivity index (χ2v) is 11.0. The fraction of sp³-hybridized carbons (Fsp3) is 0.565. The Labute approximate surface area is 202 Å². The lowest BCUT2D eigenvalue weighted by Gasteiger charge is -2.56. The van der Waals surface area contributed by atoms with Crippen molar-refractivity contribution in [3.8, 4) is 5.75 Å². The lowest BCUT2D eigenvalue weighted by Crippen LogP contribution is -2.61. The average molecular weight is 490 g/mol. The van der Waals surface area contributed by atoms with Crippen molar-refractivity contribution in [2.24, 2.45) is 24.8 Å². The van der Waals surface area contributed by atoms with Gasteiger partial charge in [-0.15, -0.1) is 10.2 Å². The van der Waals surface area contributed by atoms with Crippen molar-refractivity contribution < 1.29 is 14.3 Å². The van der Waals surface area contributed by atoms with Gasteiger partial charge in [-0.05, 0) is 68.4 Å². The van der Waals surface area contributed by atoms with Crippen LogP contribution in [0.15, 0.2) is 29.4 Å². The first-order valence-electron chi connectivity index (χ1n) is 11.4. The number of hydrogen-bond acceptors (Lipinski definition) is 6. The number of thioether (sulfide) groups is 1. The van der Waals surface area contributed by atoms with E-state index in [0.717, 1.165) is 37.0 Å². The molecule has 6 rings (SSSR count). The number of para-hydroxylation sites is 1. The maximum Gasteiger partial charge on any atom is 0.321 e. The molecule has 3 amide bonds. The lowest BCUT2D eigenvalue weighted by molar-refractivity contribution is -0.117. The van der Waals surface area contributed by atoms with Crippen molar-refractivity contribution in [1.29, 1.82) is 0 Å². The van der Waals surface area contributed by atoms with Crippen LogP contribution in [0.1, 0.15) is 44.3 Å². The van der Waals surface area contributed by atoms with Gasteiger partial charge in [0.15, 0.2) is 11.0 Å². The summed E-state index contributed by atoms with van der Waals surface area (Å²) in [4.78, 5) is 24.9. The van der Waals surface area contributed by atoms with E-state index < -0.39 is 0 Å². The lowest BCUT2D eigenvalue weighted by atomic mass is 9.53. The van der Waals surface area contributed by atoms with Gasteiger partial charge in [-0.3, -0.25) is 10.1 Å². The van der Waals surface area contributed by atoms with Gasteiger partial charge in [0.25, 0.3) is 0 Å². The van der Waals surface area contributed by atoms with Crippen molar-refractivity contribution >= 4 is 35.3 Å². The van der Waals surface area contributed by atoms with Gasteiger partial charge in [-0.2, -0.15) is 0 Å². The average Bonchev–Trinajstić information content (AvgIpc) is 3.09. The molecule has 4 aliphatic carbocycles. The van der Waals surface area contributed by atoms with E-state index in [4.69, 9.17) is 16.3 Å². The second-order valence-electron chi connectivity index (χ2n) is 9.67. The van der Waals surface area contributed by atoms with E-state index in [-0.39, 0.29) is 29.8 Å². The highest BCUT2D eigenvalue weighted by Gasteiger charge is 2.51. The van der Waals surface area contributed by atoms with E-state index in [1.165, 1.54) is 31.0 Å².